The fourth-order valence-corrected chi connectivity index (χ4v) is 2.66. The Morgan fingerprint density at radius 3 is 2.79 bits per heavy atom. The van der Waals surface area contributed by atoms with Crippen LogP contribution in [0, 0.1) is 0 Å². The summed E-state index contributed by atoms with van der Waals surface area (Å²) in [6.45, 7) is 0.199. The van der Waals surface area contributed by atoms with Crippen molar-refractivity contribution in [3.8, 4) is 0 Å². The first-order chi connectivity index (χ1) is 6.51. The van der Waals surface area contributed by atoms with Crippen LogP contribution in [-0.2, 0) is 5.60 Å². The number of hydrogen-bond donors (Lipinski definition) is 2. The molecule has 0 saturated carbocycles. The number of halogens is 1. The monoisotopic (exact) mass is 278 g/mol. The molecule has 1 aromatic rings. The summed E-state index contributed by atoms with van der Waals surface area (Å²) in [5, 5.41) is 20.9. The predicted octanol–water partition coefficient (Wildman–Crippen LogP) is 1.09. The fraction of sp³-hybridized carbons (Fsp3) is 0.429. The molecule has 76 valence electrons. The molecule has 14 heavy (non-hydrogen) atoms. The van der Waals surface area contributed by atoms with Gasteiger partial charge in [0.05, 0.1) is 13.1 Å². The molecule has 1 aromatic heterocycles. The van der Waals surface area contributed by atoms with Gasteiger partial charge in [-0.15, -0.1) is 11.3 Å². The summed E-state index contributed by atoms with van der Waals surface area (Å²) in [5.41, 5.74) is -1.09. The molecule has 7 heteroatoms. The van der Waals surface area contributed by atoms with Crippen LogP contribution in [-0.4, -0.2) is 39.3 Å². The number of aliphatic hydroxyl groups is 1. The van der Waals surface area contributed by atoms with Gasteiger partial charge in [-0.05, 0) is 15.9 Å². The number of aromatic nitrogens is 1. The van der Waals surface area contributed by atoms with Gasteiger partial charge in [-0.25, -0.2) is 9.78 Å². The number of β-amino-alcohol motifs (C(OH)–C–C–N with tert-alkyl or cyclic N) is 1. The molecule has 0 aromatic carbocycles. The lowest BCUT2D eigenvalue weighted by atomic mass is 9.96. The van der Waals surface area contributed by atoms with Crippen molar-refractivity contribution >= 4 is 33.4 Å². The van der Waals surface area contributed by atoms with Crippen LogP contribution < -0.4 is 0 Å². The van der Waals surface area contributed by atoms with E-state index in [9.17, 15) is 9.90 Å². The fourth-order valence-electron chi connectivity index (χ4n) is 1.32. The minimum Gasteiger partial charge on any atom is -0.465 e. The molecule has 5 nitrogen and oxygen atoms in total. The highest BCUT2D eigenvalue weighted by molar-refractivity contribution is 9.10. The van der Waals surface area contributed by atoms with Crippen molar-refractivity contribution in [2.45, 2.75) is 5.60 Å². The van der Waals surface area contributed by atoms with E-state index in [4.69, 9.17) is 5.11 Å². The predicted molar refractivity (Wildman–Crippen MR) is 53.3 cm³/mol. The van der Waals surface area contributed by atoms with E-state index in [1.807, 2.05) is 0 Å². The Hall–Kier alpha value is -0.660. The first-order valence-electron chi connectivity index (χ1n) is 3.83. The minimum atomic E-state index is -1.09. The molecule has 0 spiro atoms. The first kappa shape index (κ1) is 9.88. The van der Waals surface area contributed by atoms with Gasteiger partial charge in [0.2, 0.25) is 0 Å². The molecule has 0 radical (unpaired) electrons. The van der Waals surface area contributed by atoms with Crippen LogP contribution in [0.4, 0.5) is 4.79 Å². The molecule has 1 fully saturated rings. The second-order valence-electron chi connectivity index (χ2n) is 3.15. The van der Waals surface area contributed by atoms with Gasteiger partial charge in [0.1, 0.15) is 9.61 Å². The smallest absolute Gasteiger partial charge is 0.407 e. The Morgan fingerprint density at radius 2 is 2.36 bits per heavy atom. The normalized spacial score (nSPS) is 19.1. The van der Waals surface area contributed by atoms with Gasteiger partial charge < -0.3 is 15.1 Å². The van der Waals surface area contributed by atoms with E-state index in [0.717, 1.165) is 4.90 Å². The van der Waals surface area contributed by atoms with Gasteiger partial charge >= 0.3 is 6.09 Å². The maximum absolute atomic E-state index is 10.5. The van der Waals surface area contributed by atoms with E-state index in [1.54, 1.807) is 5.38 Å². The molecule has 2 N–H and O–H groups in total. The highest BCUT2D eigenvalue weighted by Crippen LogP contribution is 2.34. The molecule has 0 bridgehead atoms. The van der Waals surface area contributed by atoms with Crippen molar-refractivity contribution in [1.82, 2.24) is 9.88 Å². The molecule has 2 rings (SSSR count). The Balaban J connectivity index is 2.11. The van der Waals surface area contributed by atoms with E-state index >= 15 is 0 Å². The second-order valence-corrected chi connectivity index (χ2v) is 4.82. The van der Waals surface area contributed by atoms with E-state index < -0.39 is 11.7 Å². The van der Waals surface area contributed by atoms with E-state index in [1.165, 1.54) is 11.3 Å². The molecular formula is C7H7BrN2O3S. The summed E-state index contributed by atoms with van der Waals surface area (Å²) >= 11 is 4.50. The standard InChI is InChI=1S/C7H7BrN2O3S/c8-4-1-14-5(9-4)7(13)2-10(3-7)6(11)12/h1,13H,2-3H2,(H,11,12). The third kappa shape index (κ3) is 1.51. The highest BCUT2D eigenvalue weighted by atomic mass is 79.9. The molecule has 0 aliphatic carbocycles. The first-order valence-corrected chi connectivity index (χ1v) is 5.50. The molecule has 1 aliphatic heterocycles. The SMILES string of the molecule is O=C(O)N1CC(O)(c2nc(Br)cs2)C1. The summed E-state index contributed by atoms with van der Waals surface area (Å²) in [6, 6.07) is 0. The summed E-state index contributed by atoms with van der Waals surface area (Å²) in [5.74, 6) is 0. The lowest BCUT2D eigenvalue weighted by Crippen LogP contribution is -2.60. The molecular weight excluding hydrogens is 272 g/mol. The van der Waals surface area contributed by atoms with Crippen LogP contribution in [0.5, 0.6) is 0 Å². The van der Waals surface area contributed by atoms with Crippen molar-refractivity contribution in [3.05, 3.63) is 15.0 Å². The zero-order valence-corrected chi connectivity index (χ0v) is 9.38. The zero-order chi connectivity index (χ0) is 10.3. The Bertz CT molecular complexity index is 375. The highest BCUT2D eigenvalue weighted by Gasteiger charge is 2.47. The van der Waals surface area contributed by atoms with Crippen molar-refractivity contribution in [1.29, 1.82) is 0 Å². The lowest BCUT2D eigenvalue weighted by Gasteiger charge is -2.43. The van der Waals surface area contributed by atoms with Crippen molar-refractivity contribution in [2.75, 3.05) is 13.1 Å². The van der Waals surface area contributed by atoms with Crippen LogP contribution in [0.2, 0.25) is 0 Å². The molecule has 0 unspecified atom stereocenters. The number of nitrogens with zero attached hydrogens (tertiary/aromatic N) is 2. The third-order valence-corrected chi connectivity index (χ3v) is 3.79. The van der Waals surface area contributed by atoms with E-state index in [-0.39, 0.29) is 13.1 Å². The van der Waals surface area contributed by atoms with E-state index in [0.29, 0.717) is 9.61 Å². The van der Waals surface area contributed by atoms with Gasteiger partial charge in [0.15, 0.2) is 5.60 Å². The zero-order valence-electron chi connectivity index (χ0n) is 6.97. The van der Waals surface area contributed by atoms with Crippen molar-refractivity contribution in [2.24, 2.45) is 0 Å². The number of carbonyl (C=O) groups is 1. The number of hydrogen-bond acceptors (Lipinski definition) is 4. The number of rotatable bonds is 1. The molecule has 1 saturated heterocycles. The van der Waals surface area contributed by atoms with Gasteiger partial charge in [-0.2, -0.15) is 0 Å². The summed E-state index contributed by atoms with van der Waals surface area (Å²) in [4.78, 5) is 15.7. The van der Waals surface area contributed by atoms with Crippen molar-refractivity contribution < 1.29 is 15.0 Å². The average molecular weight is 279 g/mol. The van der Waals surface area contributed by atoms with Crippen LogP contribution in [0.3, 0.4) is 0 Å². The van der Waals surface area contributed by atoms with Crippen LogP contribution in [0.15, 0.2) is 9.98 Å². The maximum Gasteiger partial charge on any atom is 0.407 e. The summed E-state index contributed by atoms with van der Waals surface area (Å²) < 4.78 is 0.666. The Morgan fingerprint density at radius 1 is 1.71 bits per heavy atom. The van der Waals surface area contributed by atoms with Gasteiger partial charge in [0, 0.05) is 5.38 Å². The molecule has 1 aliphatic rings. The second kappa shape index (κ2) is 3.18. The summed E-state index contributed by atoms with van der Waals surface area (Å²) in [6.07, 6.45) is -1.01. The maximum atomic E-state index is 10.5. The van der Waals surface area contributed by atoms with Crippen LogP contribution in [0.1, 0.15) is 5.01 Å². The molecule has 0 atom stereocenters. The van der Waals surface area contributed by atoms with Gasteiger partial charge in [-0.3, -0.25) is 0 Å². The topological polar surface area (TPSA) is 73.7 Å². The number of likely N-dealkylation sites (tertiary alicyclic amines) is 1. The third-order valence-electron chi connectivity index (χ3n) is 2.05. The number of thiazole rings is 1. The lowest BCUT2D eigenvalue weighted by molar-refractivity contribution is -0.0899. The van der Waals surface area contributed by atoms with Crippen LogP contribution in [0.25, 0.3) is 0 Å². The van der Waals surface area contributed by atoms with Gasteiger partial charge in [0.25, 0.3) is 0 Å². The van der Waals surface area contributed by atoms with Crippen LogP contribution >= 0.6 is 27.3 Å². The quantitative estimate of drug-likeness (QED) is 0.807. The number of amides is 1. The average Bonchev–Trinajstić information content (AvgIpc) is 2.45. The molecule has 1 amide bonds. The molecule has 2 heterocycles. The van der Waals surface area contributed by atoms with Crippen molar-refractivity contribution in [3.63, 3.8) is 0 Å². The summed E-state index contributed by atoms with van der Waals surface area (Å²) in [7, 11) is 0. The van der Waals surface area contributed by atoms with Gasteiger partial charge in [-0.1, -0.05) is 0 Å². The largest absolute Gasteiger partial charge is 0.465 e. The Kier molecular flexibility index (Phi) is 2.24. The van der Waals surface area contributed by atoms with E-state index in [2.05, 4.69) is 20.9 Å². The Labute approximate surface area is 92.1 Å². The minimum absolute atomic E-state index is 0.0995. The number of carboxylic acid groups (broad SMARTS) is 1.